The van der Waals surface area contributed by atoms with Gasteiger partial charge < -0.3 is 10.6 Å². The second-order valence-electron chi connectivity index (χ2n) is 2.58. The number of hydrogen-bond acceptors (Lipinski definition) is 3. The van der Waals surface area contributed by atoms with Crippen LogP contribution in [-0.2, 0) is 4.79 Å². The molecule has 14 heavy (non-hydrogen) atoms. The predicted molar refractivity (Wildman–Crippen MR) is 52.0 cm³/mol. The Balaban J connectivity index is 3.09. The van der Waals surface area contributed by atoms with Gasteiger partial charge in [0.2, 0.25) is 6.41 Å². The molecule has 74 valence electrons. The molecule has 0 saturated carbocycles. The number of amidine groups is 1. The van der Waals surface area contributed by atoms with Crippen LogP contribution in [0.4, 0.5) is 10.1 Å². The van der Waals surface area contributed by atoms with Crippen molar-refractivity contribution < 1.29 is 9.18 Å². The molecule has 4 nitrogen and oxygen atoms in total. The number of anilines is 1. The number of benzene rings is 1. The topological polar surface area (TPSA) is 65.0 Å². The van der Waals surface area contributed by atoms with Crippen LogP contribution < -0.4 is 10.6 Å². The minimum Gasteiger partial charge on any atom is -0.388 e. The normalized spacial score (nSPS) is 9.29. The first-order valence-electron chi connectivity index (χ1n) is 3.95. The number of nitrogens with one attached hydrogen (secondary N) is 3. The quantitative estimate of drug-likeness (QED) is 0.382. The number of carbonyl (C=O) groups excluding carboxylic acids is 1. The maximum Gasteiger partial charge on any atom is 0.212 e. The molecule has 0 aliphatic rings. The highest BCUT2D eigenvalue weighted by molar-refractivity contribution is 6.05. The summed E-state index contributed by atoms with van der Waals surface area (Å²) in [5.41, 5.74) is 0.908. The molecule has 0 radical (unpaired) electrons. The zero-order valence-corrected chi connectivity index (χ0v) is 7.60. The second-order valence-corrected chi connectivity index (χ2v) is 2.58. The highest BCUT2D eigenvalue weighted by Crippen LogP contribution is 2.15. The van der Waals surface area contributed by atoms with Crippen LogP contribution in [0.5, 0.6) is 0 Å². The monoisotopic (exact) mass is 195 g/mol. The Morgan fingerprint density at radius 1 is 1.57 bits per heavy atom. The summed E-state index contributed by atoms with van der Waals surface area (Å²) in [6, 6.07) is 3.97. The molecule has 5 heteroatoms. The van der Waals surface area contributed by atoms with Gasteiger partial charge in [0.05, 0.1) is 0 Å². The van der Waals surface area contributed by atoms with Gasteiger partial charge in [0, 0.05) is 18.3 Å². The molecular formula is C9H10FN3O. The van der Waals surface area contributed by atoms with Crippen LogP contribution in [-0.4, -0.2) is 19.3 Å². The second kappa shape index (κ2) is 4.36. The zero-order valence-electron chi connectivity index (χ0n) is 7.60. The van der Waals surface area contributed by atoms with Gasteiger partial charge in [-0.25, -0.2) is 4.39 Å². The van der Waals surface area contributed by atoms with Crippen LogP contribution in [0.3, 0.4) is 0 Å². The Labute approximate surface area is 80.6 Å². The van der Waals surface area contributed by atoms with Gasteiger partial charge in [-0.2, -0.15) is 0 Å². The smallest absolute Gasteiger partial charge is 0.212 e. The average molecular weight is 195 g/mol. The summed E-state index contributed by atoms with van der Waals surface area (Å²) in [5, 5.41) is 12.4. The summed E-state index contributed by atoms with van der Waals surface area (Å²) in [4.78, 5) is 10.1. The number of carbonyl (C=O) groups is 1. The number of hydrogen-bond donors (Lipinski definition) is 3. The molecule has 0 fully saturated rings. The lowest BCUT2D eigenvalue weighted by Crippen LogP contribution is -2.22. The van der Waals surface area contributed by atoms with Gasteiger partial charge in [-0.05, 0) is 18.2 Å². The van der Waals surface area contributed by atoms with Gasteiger partial charge in [-0.15, -0.1) is 0 Å². The molecule has 0 spiro atoms. The highest BCUT2D eigenvalue weighted by atomic mass is 19.1. The molecule has 0 bridgehead atoms. The molecule has 0 aliphatic carbocycles. The van der Waals surface area contributed by atoms with Crippen molar-refractivity contribution in [2.24, 2.45) is 0 Å². The Hall–Kier alpha value is -1.91. The van der Waals surface area contributed by atoms with Crippen molar-refractivity contribution in [3.8, 4) is 0 Å². The van der Waals surface area contributed by atoms with E-state index in [0.29, 0.717) is 17.7 Å². The SMILES string of the molecule is CNc1ccc(F)cc1C(=N)NC=O. The van der Waals surface area contributed by atoms with E-state index in [9.17, 15) is 9.18 Å². The molecular weight excluding hydrogens is 185 g/mol. The molecule has 0 aliphatic heterocycles. The van der Waals surface area contributed by atoms with Crippen LogP contribution in [0.25, 0.3) is 0 Å². The number of rotatable bonds is 3. The molecule has 0 aromatic heterocycles. The van der Waals surface area contributed by atoms with Crippen molar-refractivity contribution in [1.82, 2.24) is 5.32 Å². The fourth-order valence-corrected chi connectivity index (χ4v) is 1.08. The minimum absolute atomic E-state index is 0.135. The van der Waals surface area contributed by atoms with Crippen molar-refractivity contribution in [1.29, 1.82) is 5.41 Å². The zero-order chi connectivity index (χ0) is 10.6. The Kier molecular flexibility index (Phi) is 3.17. The summed E-state index contributed by atoms with van der Waals surface area (Å²) in [6.45, 7) is 0. The largest absolute Gasteiger partial charge is 0.388 e. The molecule has 0 unspecified atom stereocenters. The molecule has 0 heterocycles. The molecule has 0 saturated heterocycles. The summed E-state index contributed by atoms with van der Waals surface area (Å²) in [7, 11) is 1.66. The van der Waals surface area contributed by atoms with E-state index < -0.39 is 5.82 Å². The van der Waals surface area contributed by atoms with Crippen LogP contribution in [0, 0.1) is 11.2 Å². The van der Waals surface area contributed by atoms with E-state index in [1.165, 1.54) is 18.2 Å². The molecule has 0 atom stereocenters. The fraction of sp³-hybridized carbons (Fsp3) is 0.111. The molecule has 1 aromatic rings. The molecule has 1 amide bonds. The Morgan fingerprint density at radius 3 is 2.86 bits per heavy atom. The van der Waals surface area contributed by atoms with Gasteiger partial charge in [0.15, 0.2) is 0 Å². The maximum atomic E-state index is 12.8. The summed E-state index contributed by atoms with van der Waals surface area (Å²) < 4.78 is 12.8. The van der Waals surface area contributed by atoms with Crippen molar-refractivity contribution >= 4 is 17.9 Å². The third kappa shape index (κ3) is 2.07. The van der Waals surface area contributed by atoms with Gasteiger partial charge in [-0.3, -0.25) is 10.2 Å². The third-order valence-electron chi connectivity index (χ3n) is 1.72. The van der Waals surface area contributed by atoms with Crippen molar-refractivity contribution in [2.75, 3.05) is 12.4 Å². The van der Waals surface area contributed by atoms with Crippen LogP contribution in [0.1, 0.15) is 5.56 Å². The Bertz CT molecular complexity index is 365. The lowest BCUT2D eigenvalue weighted by molar-refractivity contribution is -0.108. The third-order valence-corrected chi connectivity index (χ3v) is 1.72. The van der Waals surface area contributed by atoms with Crippen molar-refractivity contribution in [3.63, 3.8) is 0 Å². The van der Waals surface area contributed by atoms with Crippen LogP contribution in [0.15, 0.2) is 18.2 Å². The molecule has 1 aromatic carbocycles. The van der Waals surface area contributed by atoms with E-state index in [2.05, 4.69) is 10.6 Å². The van der Waals surface area contributed by atoms with E-state index in [1.807, 2.05) is 0 Å². The minimum atomic E-state index is -0.448. The fourth-order valence-electron chi connectivity index (χ4n) is 1.08. The van der Waals surface area contributed by atoms with E-state index in [4.69, 9.17) is 5.41 Å². The maximum absolute atomic E-state index is 12.8. The van der Waals surface area contributed by atoms with E-state index in [-0.39, 0.29) is 5.84 Å². The first-order chi connectivity index (χ1) is 6.69. The van der Waals surface area contributed by atoms with Gasteiger partial charge in [0.1, 0.15) is 11.7 Å². The Morgan fingerprint density at radius 2 is 2.29 bits per heavy atom. The van der Waals surface area contributed by atoms with Gasteiger partial charge in [-0.1, -0.05) is 0 Å². The average Bonchev–Trinajstić information content (AvgIpc) is 2.18. The summed E-state index contributed by atoms with van der Waals surface area (Å²) >= 11 is 0. The number of amides is 1. The van der Waals surface area contributed by atoms with E-state index >= 15 is 0 Å². The van der Waals surface area contributed by atoms with Crippen LogP contribution >= 0.6 is 0 Å². The summed E-state index contributed by atoms with van der Waals surface area (Å²) in [5.74, 6) is -0.583. The van der Waals surface area contributed by atoms with Gasteiger partial charge in [0.25, 0.3) is 0 Å². The molecule has 3 N–H and O–H groups in total. The molecule has 1 rings (SSSR count). The van der Waals surface area contributed by atoms with Crippen molar-refractivity contribution in [3.05, 3.63) is 29.6 Å². The predicted octanol–water partition coefficient (Wildman–Crippen LogP) is 0.939. The number of halogens is 1. The lowest BCUT2D eigenvalue weighted by atomic mass is 10.1. The lowest BCUT2D eigenvalue weighted by Gasteiger charge is -2.08. The van der Waals surface area contributed by atoms with E-state index in [0.717, 1.165) is 0 Å². The standard InChI is InChI=1S/C9H10FN3O/c1-12-8-3-2-6(10)4-7(8)9(11)13-5-14/h2-5,12H,1H3,(H2,11,13,14). The van der Waals surface area contributed by atoms with E-state index in [1.54, 1.807) is 7.05 Å². The summed E-state index contributed by atoms with van der Waals surface area (Å²) in [6.07, 6.45) is 0.382. The van der Waals surface area contributed by atoms with Gasteiger partial charge >= 0.3 is 0 Å². The first-order valence-corrected chi connectivity index (χ1v) is 3.95. The van der Waals surface area contributed by atoms with Crippen LogP contribution in [0.2, 0.25) is 0 Å². The highest BCUT2D eigenvalue weighted by Gasteiger charge is 2.07. The van der Waals surface area contributed by atoms with Crippen molar-refractivity contribution in [2.45, 2.75) is 0 Å². The first kappa shape index (κ1) is 10.2.